The normalized spacial score (nSPS) is 12.2. The average molecular weight is 345 g/mol. The topological polar surface area (TPSA) is 58.2 Å². The summed E-state index contributed by atoms with van der Waals surface area (Å²) in [7, 11) is -3.43. The lowest BCUT2D eigenvalue weighted by Gasteiger charge is -2.05. The van der Waals surface area contributed by atoms with Gasteiger partial charge in [0.15, 0.2) is 0 Å². The van der Waals surface area contributed by atoms with Crippen molar-refractivity contribution in [3.63, 3.8) is 0 Å². The molecule has 2 heterocycles. The fourth-order valence-corrected chi connectivity index (χ4v) is 4.88. The van der Waals surface area contributed by atoms with Gasteiger partial charge in [-0.05, 0) is 25.1 Å². The summed E-state index contributed by atoms with van der Waals surface area (Å²) in [6.45, 7) is 7.18. The Hall–Kier alpha value is -0.730. The summed E-state index contributed by atoms with van der Waals surface area (Å²) in [5.74, 6) is 0. The predicted molar refractivity (Wildman–Crippen MR) is 89.4 cm³/mol. The van der Waals surface area contributed by atoms with Crippen molar-refractivity contribution in [2.24, 2.45) is 0 Å². The van der Waals surface area contributed by atoms with Crippen LogP contribution in [0.5, 0.6) is 0 Å². The Morgan fingerprint density at radius 2 is 1.95 bits per heavy atom. The molecule has 0 unspecified atom stereocenters. The van der Waals surface area contributed by atoms with Crippen molar-refractivity contribution in [3.8, 4) is 0 Å². The smallest absolute Gasteiger partial charge is 0.241 e. The predicted octanol–water partition coefficient (Wildman–Crippen LogP) is 3.09. The number of hydrogen-bond acceptors (Lipinski definition) is 5. The summed E-state index contributed by atoms with van der Waals surface area (Å²) in [5, 5.41) is 4.98. The van der Waals surface area contributed by atoms with Crippen molar-refractivity contribution in [3.05, 3.63) is 38.2 Å². The van der Waals surface area contributed by atoms with Crippen LogP contribution >= 0.6 is 22.7 Å². The molecule has 0 aliphatic carbocycles. The van der Waals surface area contributed by atoms with Gasteiger partial charge in [-0.1, -0.05) is 13.8 Å². The van der Waals surface area contributed by atoms with Crippen LogP contribution in [0.4, 0.5) is 0 Å². The van der Waals surface area contributed by atoms with E-state index < -0.39 is 10.0 Å². The molecule has 0 saturated heterocycles. The van der Waals surface area contributed by atoms with E-state index in [-0.39, 0.29) is 0 Å². The summed E-state index contributed by atoms with van der Waals surface area (Å²) >= 11 is 3.07. The molecule has 0 saturated carbocycles. The quantitative estimate of drug-likeness (QED) is 0.811. The van der Waals surface area contributed by atoms with Crippen LogP contribution in [0.25, 0.3) is 0 Å². The van der Waals surface area contributed by atoms with Gasteiger partial charge >= 0.3 is 0 Å². The molecule has 0 radical (unpaired) electrons. The van der Waals surface area contributed by atoms with E-state index in [1.54, 1.807) is 22.8 Å². The van der Waals surface area contributed by atoms with E-state index in [0.717, 1.165) is 9.75 Å². The third kappa shape index (κ3) is 4.89. The molecular weight excluding hydrogens is 324 g/mol. The first-order chi connectivity index (χ1) is 9.87. The van der Waals surface area contributed by atoms with Crippen molar-refractivity contribution in [2.75, 3.05) is 0 Å². The third-order valence-electron chi connectivity index (χ3n) is 2.86. The van der Waals surface area contributed by atoms with Crippen LogP contribution in [0, 0.1) is 6.92 Å². The SMILES string of the molecule is Cc1ccc(CNS(=O)(=O)c2csc(CNC(C)C)c2)s1. The van der Waals surface area contributed by atoms with E-state index in [1.807, 2.05) is 19.1 Å². The molecule has 0 amide bonds. The van der Waals surface area contributed by atoms with Gasteiger partial charge in [0.2, 0.25) is 10.0 Å². The zero-order chi connectivity index (χ0) is 15.5. The minimum Gasteiger partial charge on any atom is -0.310 e. The summed E-state index contributed by atoms with van der Waals surface area (Å²) in [5.41, 5.74) is 0. The highest BCUT2D eigenvalue weighted by Gasteiger charge is 2.16. The minimum atomic E-state index is -3.43. The molecule has 116 valence electrons. The lowest BCUT2D eigenvalue weighted by molar-refractivity contribution is 0.581. The molecule has 7 heteroatoms. The molecule has 2 rings (SSSR count). The monoisotopic (exact) mass is 344 g/mol. The molecule has 2 N–H and O–H groups in total. The van der Waals surface area contributed by atoms with Crippen molar-refractivity contribution >= 4 is 32.7 Å². The van der Waals surface area contributed by atoms with Crippen molar-refractivity contribution in [1.82, 2.24) is 10.0 Å². The summed E-state index contributed by atoms with van der Waals surface area (Å²) in [4.78, 5) is 3.58. The average Bonchev–Trinajstić information content (AvgIpc) is 3.03. The van der Waals surface area contributed by atoms with Gasteiger partial charge in [-0.25, -0.2) is 13.1 Å². The van der Waals surface area contributed by atoms with Gasteiger partial charge in [0.1, 0.15) is 0 Å². The number of rotatable bonds is 7. The second-order valence-electron chi connectivity index (χ2n) is 5.12. The van der Waals surface area contributed by atoms with Gasteiger partial charge in [0.05, 0.1) is 4.90 Å². The first-order valence-electron chi connectivity index (χ1n) is 6.72. The van der Waals surface area contributed by atoms with Crippen LogP contribution < -0.4 is 10.0 Å². The maximum atomic E-state index is 12.2. The standard InChI is InChI=1S/C14H20N2O2S3/c1-10(2)15-7-13-6-14(9-19-13)21(17,18)16-8-12-5-4-11(3)20-12/h4-6,9-10,15-16H,7-8H2,1-3H3. The molecular formula is C14H20N2O2S3. The molecule has 4 nitrogen and oxygen atoms in total. The van der Waals surface area contributed by atoms with Crippen molar-refractivity contribution < 1.29 is 8.42 Å². The number of aryl methyl sites for hydroxylation is 1. The summed E-state index contributed by atoms with van der Waals surface area (Å²) in [6, 6.07) is 6.07. The van der Waals surface area contributed by atoms with Crippen LogP contribution in [0.2, 0.25) is 0 Å². The van der Waals surface area contributed by atoms with E-state index >= 15 is 0 Å². The van der Waals surface area contributed by atoms with Crippen LogP contribution in [0.3, 0.4) is 0 Å². The highest BCUT2D eigenvalue weighted by Crippen LogP contribution is 2.20. The fraction of sp³-hybridized carbons (Fsp3) is 0.429. The molecule has 0 aromatic carbocycles. The minimum absolute atomic E-state index is 0.344. The second-order valence-corrected chi connectivity index (χ2v) is 9.26. The number of thiophene rings is 2. The van der Waals surface area contributed by atoms with Gasteiger partial charge < -0.3 is 5.32 Å². The maximum Gasteiger partial charge on any atom is 0.241 e. The zero-order valence-electron chi connectivity index (χ0n) is 12.3. The Morgan fingerprint density at radius 3 is 2.57 bits per heavy atom. The van der Waals surface area contributed by atoms with Crippen molar-refractivity contribution in [1.29, 1.82) is 0 Å². The van der Waals surface area contributed by atoms with E-state index in [4.69, 9.17) is 0 Å². The largest absolute Gasteiger partial charge is 0.310 e. The Morgan fingerprint density at radius 1 is 1.19 bits per heavy atom. The van der Waals surface area contributed by atoms with Gasteiger partial charge in [0, 0.05) is 39.1 Å². The van der Waals surface area contributed by atoms with Crippen LogP contribution in [0.15, 0.2) is 28.5 Å². The molecule has 21 heavy (non-hydrogen) atoms. The zero-order valence-corrected chi connectivity index (χ0v) is 14.8. The van der Waals surface area contributed by atoms with Crippen LogP contribution in [-0.2, 0) is 23.1 Å². The lowest BCUT2D eigenvalue weighted by atomic mass is 10.4. The maximum absolute atomic E-state index is 12.2. The molecule has 0 aliphatic heterocycles. The first kappa shape index (κ1) is 16.6. The Balaban J connectivity index is 1.99. The Bertz CT molecular complexity index is 687. The van der Waals surface area contributed by atoms with Gasteiger partial charge in [-0.3, -0.25) is 0 Å². The van der Waals surface area contributed by atoms with Gasteiger partial charge in [-0.2, -0.15) is 0 Å². The highest BCUT2D eigenvalue weighted by molar-refractivity contribution is 7.89. The number of sulfonamides is 1. The van der Waals surface area contributed by atoms with E-state index in [9.17, 15) is 8.42 Å². The third-order valence-corrected chi connectivity index (χ3v) is 6.32. The first-order valence-corrected chi connectivity index (χ1v) is 9.90. The van der Waals surface area contributed by atoms with Crippen LogP contribution in [-0.4, -0.2) is 14.5 Å². The van der Waals surface area contributed by atoms with Crippen molar-refractivity contribution in [2.45, 2.75) is 44.8 Å². The van der Waals surface area contributed by atoms with E-state index in [2.05, 4.69) is 23.9 Å². The number of hydrogen-bond donors (Lipinski definition) is 2. The highest BCUT2D eigenvalue weighted by atomic mass is 32.2. The molecule has 2 aromatic heterocycles. The van der Waals surface area contributed by atoms with Gasteiger partial charge in [-0.15, -0.1) is 22.7 Å². The number of nitrogens with one attached hydrogen (secondary N) is 2. The fourth-order valence-electron chi connectivity index (χ4n) is 1.73. The van der Waals surface area contributed by atoms with E-state index in [0.29, 0.717) is 24.0 Å². The van der Waals surface area contributed by atoms with Crippen LogP contribution in [0.1, 0.15) is 28.5 Å². The van der Waals surface area contributed by atoms with Gasteiger partial charge in [0.25, 0.3) is 0 Å². The van der Waals surface area contributed by atoms with E-state index in [1.165, 1.54) is 16.2 Å². The second kappa shape index (κ2) is 7.02. The Kier molecular flexibility index (Phi) is 5.56. The molecule has 0 spiro atoms. The Labute approximate surface area is 134 Å². The molecule has 2 aromatic rings. The summed E-state index contributed by atoms with van der Waals surface area (Å²) < 4.78 is 27.1. The summed E-state index contributed by atoms with van der Waals surface area (Å²) in [6.07, 6.45) is 0. The molecule has 0 bridgehead atoms. The molecule has 0 aliphatic rings. The molecule has 0 fully saturated rings. The lowest BCUT2D eigenvalue weighted by Crippen LogP contribution is -2.22. The molecule has 0 atom stereocenters.